The van der Waals surface area contributed by atoms with Crippen molar-refractivity contribution in [1.82, 2.24) is 9.78 Å². The zero-order valence-electron chi connectivity index (χ0n) is 21.1. The third-order valence-electron chi connectivity index (χ3n) is 5.98. The molecule has 1 heterocycles. The van der Waals surface area contributed by atoms with E-state index in [4.69, 9.17) is 9.47 Å². The van der Waals surface area contributed by atoms with Crippen LogP contribution in [-0.4, -0.2) is 32.6 Å². The van der Waals surface area contributed by atoms with Gasteiger partial charge in [0, 0.05) is 12.6 Å². The molecule has 1 atom stereocenters. The molecule has 0 spiro atoms. The van der Waals surface area contributed by atoms with Gasteiger partial charge in [0.1, 0.15) is 17.7 Å². The fraction of sp³-hybridized carbons (Fsp3) is 0.207. The molecule has 0 aliphatic heterocycles. The van der Waals surface area contributed by atoms with Gasteiger partial charge in [0.25, 0.3) is 0 Å². The van der Waals surface area contributed by atoms with Crippen molar-refractivity contribution in [2.24, 2.45) is 7.05 Å². The molecule has 1 aromatic heterocycles. The van der Waals surface area contributed by atoms with Crippen molar-refractivity contribution >= 4 is 17.9 Å². The summed E-state index contributed by atoms with van der Waals surface area (Å²) < 4.78 is 12.7. The normalized spacial score (nSPS) is 12.0. The maximum atomic E-state index is 12.6. The zero-order chi connectivity index (χ0) is 26.6. The number of rotatable bonds is 8. The molecule has 0 fully saturated rings. The van der Waals surface area contributed by atoms with Crippen LogP contribution >= 0.6 is 0 Å². The van der Waals surface area contributed by atoms with Crippen LogP contribution in [0, 0.1) is 0 Å². The Morgan fingerprint density at radius 1 is 0.919 bits per heavy atom. The van der Waals surface area contributed by atoms with Crippen LogP contribution in [0.2, 0.25) is 0 Å². The predicted octanol–water partition coefficient (Wildman–Crippen LogP) is 6.31. The number of amides is 1. The fourth-order valence-electron chi connectivity index (χ4n) is 3.77. The number of hydrogen-bond donors (Lipinski definition) is 2. The Hall–Kier alpha value is -4.59. The molecule has 0 aliphatic carbocycles. The van der Waals surface area contributed by atoms with Crippen molar-refractivity contribution in [3.63, 3.8) is 0 Å². The number of carboxylic acid groups (broad SMARTS) is 1. The Bertz CT molecular complexity index is 1380. The molecule has 37 heavy (non-hydrogen) atoms. The third kappa shape index (κ3) is 5.98. The van der Waals surface area contributed by atoms with Gasteiger partial charge >= 0.3 is 12.1 Å². The Kier molecular flexibility index (Phi) is 7.29. The Morgan fingerprint density at radius 3 is 2.08 bits per heavy atom. The lowest BCUT2D eigenvalue weighted by atomic mass is 10.0. The van der Waals surface area contributed by atoms with Crippen LogP contribution in [0.15, 0.2) is 85.1 Å². The Balaban J connectivity index is 1.46. The summed E-state index contributed by atoms with van der Waals surface area (Å²) in [6.07, 6.45) is 0.733. The van der Waals surface area contributed by atoms with E-state index in [0.29, 0.717) is 11.6 Å². The lowest BCUT2D eigenvalue weighted by Gasteiger charge is -2.21. The van der Waals surface area contributed by atoms with Crippen LogP contribution < -0.4 is 10.1 Å². The molecule has 1 amide bonds. The number of aryl methyl sites for hydroxylation is 1. The first-order chi connectivity index (χ1) is 17.6. The molecule has 0 aliphatic rings. The van der Waals surface area contributed by atoms with Gasteiger partial charge < -0.3 is 14.6 Å². The van der Waals surface area contributed by atoms with E-state index in [9.17, 15) is 14.7 Å². The lowest BCUT2D eigenvalue weighted by Crippen LogP contribution is -2.37. The molecular weight excluding hydrogens is 470 g/mol. The monoisotopic (exact) mass is 499 g/mol. The highest BCUT2D eigenvalue weighted by atomic mass is 16.6. The molecule has 8 heteroatoms. The third-order valence-corrected chi connectivity index (χ3v) is 5.98. The molecule has 4 aromatic rings. The summed E-state index contributed by atoms with van der Waals surface area (Å²) in [7, 11) is 1.75. The van der Waals surface area contributed by atoms with Crippen molar-refractivity contribution in [2.45, 2.75) is 32.5 Å². The topological polar surface area (TPSA) is 103 Å². The summed E-state index contributed by atoms with van der Waals surface area (Å²) >= 11 is 0. The number of aliphatic carboxylic acids is 1. The number of carbonyl (C=O) groups is 2. The average molecular weight is 500 g/mol. The summed E-state index contributed by atoms with van der Waals surface area (Å²) in [5, 5.41) is 16.4. The number of nitrogens with zero attached hydrogens (tertiary/aromatic N) is 2. The summed E-state index contributed by atoms with van der Waals surface area (Å²) in [6.45, 7) is 4.84. The number of hydrogen-bond acceptors (Lipinski definition) is 5. The number of anilines is 1. The summed E-state index contributed by atoms with van der Waals surface area (Å²) in [5.74, 6) is -0.0248. The van der Waals surface area contributed by atoms with Crippen LogP contribution in [0.4, 0.5) is 10.6 Å². The van der Waals surface area contributed by atoms with Gasteiger partial charge in [-0.25, -0.2) is 9.59 Å². The Morgan fingerprint density at radius 2 is 1.49 bits per heavy atom. The van der Waals surface area contributed by atoms with E-state index in [1.165, 1.54) is 13.8 Å². The van der Waals surface area contributed by atoms with Crippen LogP contribution in [0.3, 0.4) is 0 Å². The quantitative estimate of drug-likeness (QED) is 0.295. The van der Waals surface area contributed by atoms with Gasteiger partial charge in [-0.2, -0.15) is 5.10 Å². The number of benzene rings is 3. The van der Waals surface area contributed by atoms with Gasteiger partial charge in [-0.3, -0.25) is 10.00 Å². The number of carboxylic acids is 1. The molecule has 8 nitrogen and oxygen atoms in total. The second-order valence-corrected chi connectivity index (χ2v) is 9.13. The van der Waals surface area contributed by atoms with E-state index in [-0.39, 0.29) is 0 Å². The highest BCUT2D eigenvalue weighted by Crippen LogP contribution is 2.31. The maximum absolute atomic E-state index is 12.6. The van der Waals surface area contributed by atoms with Gasteiger partial charge in [0.2, 0.25) is 0 Å². The van der Waals surface area contributed by atoms with Gasteiger partial charge in [0.05, 0.1) is 6.20 Å². The molecular formula is C29H29N3O5. The van der Waals surface area contributed by atoms with E-state index in [2.05, 4.69) is 10.4 Å². The zero-order valence-corrected chi connectivity index (χ0v) is 21.1. The van der Waals surface area contributed by atoms with Crippen LogP contribution in [0.25, 0.3) is 22.3 Å². The van der Waals surface area contributed by atoms with Crippen LogP contribution in [0.1, 0.15) is 32.4 Å². The van der Waals surface area contributed by atoms with Gasteiger partial charge in [-0.05, 0) is 55.2 Å². The first kappa shape index (κ1) is 25.5. The second-order valence-electron chi connectivity index (χ2n) is 9.13. The van der Waals surface area contributed by atoms with Crippen molar-refractivity contribution in [3.8, 4) is 28.0 Å². The van der Waals surface area contributed by atoms with E-state index in [1.807, 2.05) is 73.7 Å². The molecule has 3 aromatic carbocycles. The number of carbonyl (C=O) groups excluding carboxylic acids is 1. The molecule has 0 saturated heterocycles. The van der Waals surface area contributed by atoms with Crippen molar-refractivity contribution in [3.05, 3.63) is 90.6 Å². The first-order valence-corrected chi connectivity index (χ1v) is 11.8. The minimum absolute atomic E-state index is 0.399. The van der Waals surface area contributed by atoms with Gasteiger partial charge in [0.15, 0.2) is 5.60 Å². The molecule has 190 valence electrons. The highest BCUT2D eigenvalue weighted by Gasteiger charge is 2.29. The van der Waals surface area contributed by atoms with Crippen molar-refractivity contribution in [1.29, 1.82) is 0 Å². The molecule has 0 bridgehead atoms. The fourth-order valence-corrected chi connectivity index (χ4v) is 3.77. The molecule has 4 rings (SSSR count). The standard InChI is InChI=1S/C29H29N3O5/c1-19(20-8-6-5-7-9-20)36-28(35)31-26-25(18-30-32(26)4)23-12-10-21(11-13-23)22-14-16-24(17-15-22)37-29(2,3)27(33)34/h5-19H,1-4H3,(H,31,35)(H,33,34). The van der Waals surface area contributed by atoms with E-state index < -0.39 is 23.8 Å². The summed E-state index contributed by atoms with van der Waals surface area (Å²) in [4.78, 5) is 23.9. The van der Waals surface area contributed by atoms with Gasteiger partial charge in [-0.1, -0.05) is 66.7 Å². The van der Waals surface area contributed by atoms with E-state index >= 15 is 0 Å². The molecule has 2 N–H and O–H groups in total. The first-order valence-electron chi connectivity index (χ1n) is 11.8. The SMILES string of the molecule is CC(OC(=O)Nc1c(-c2ccc(-c3ccc(OC(C)(C)C(=O)O)cc3)cc2)cnn1C)c1ccccc1. The van der Waals surface area contributed by atoms with Crippen LogP contribution in [-0.2, 0) is 16.6 Å². The van der Waals surface area contributed by atoms with E-state index in [1.54, 1.807) is 30.1 Å². The highest BCUT2D eigenvalue weighted by molar-refractivity contribution is 5.90. The predicted molar refractivity (Wildman–Crippen MR) is 141 cm³/mol. The molecule has 1 unspecified atom stereocenters. The van der Waals surface area contributed by atoms with Crippen LogP contribution in [0.5, 0.6) is 5.75 Å². The average Bonchev–Trinajstić information content (AvgIpc) is 3.24. The number of aromatic nitrogens is 2. The lowest BCUT2D eigenvalue weighted by molar-refractivity contribution is -0.152. The molecule has 0 saturated carbocycles. The summed E-state index contributed by atoms with van der Waals surface area (Å²) in [6, 6.07) is 24.6. The number of nitrogens with one attached hydrogen (secondary N) is 1. The second kappa shape index (κ2) is 10.6. The summed E-state index contributed by atoms with van der Waals surface area (Å²) in [5.41, 5.74) is 3.16. The van der Waals surface area contributed by atoms with Crippen molar-refractivity contribution < 1.29 is 24.2 Å². The number of ether oxygens (including phenoxy) is 2. The minimum atomic E-state index is -1.31. The van der Waals surface area contributed by atoms with Crippen molar-refractivity contribution in [2.75, 3.05) is 5.32 Å². The van der Waals surface area contributed by atoms with E-state index in [0.717, 1.165) is 27.8 Å². The minimum Gasteiger partial charge on any atom is -0.478 e. The maximum Gasteiger partial charge on any atom is 0.413 e. The Labute approximate surface area is 215 Å². The smallest absolute Gasteiger partial charge is 0.413 e. The molecule has 0 radical (unpaired) electrons. The van der Waals surface area contributed by atoms with Gasteiger partial charge in [-0.15, -0.1) is 0 Å². The largest absolute Gasteiger partial charge is 0.478 e.